The first-order chi connectivity index (χ1) is 10.1. The molecule has 0 fully saturated rings. The second-order valence-electron chi connectivity index (χ2n) is 4.57. The number of benzene rings is 2. The molecule has 0 saturated heterocycles. The number of nitrogens with one attached hydrogen (secondary N) is 2. The van der Waals surface area contributed by atoms with E-state index in [1.165, 1.54) is 0 Å². The SMILES string of the molecule is CCC(=O)Nc1ccc(NCc2ccc(Br)cc2Cl)cc1. The van der Waals surface area contributed by atoms with Gasteiger partial charge in [0.05, 0.1) is 0 Å². The summed E-state index contributed by atoms with van der Waals surface area (Å²) in [5.74, 6) is 0.0114. The van der Waals surface area contributed by atoms with Gasteiger partial charge in [-0.2, -0.15) is 0 Å². The number of hydrogen-bond acceptors (Lipinski definition) is 2. The summed E-state index contributed by atoms with van der Waals surface area (Å²) in [6.45, 7) is 2.47. The van der Waals surface area contributed by atoms with Gasteiger partial charge in [-0.3, -0.25) is 4.79 Å². The molecule has 0 saturated carbocycles. The van der Waals surface area contributed by atoms with Gasteiger partial charge in [0.25, 0.3) is 0 Å². The van der Waals surface area contributed by atoms with Gasteiger partial charge < -0.3 is 10.6 Å². The Bertz CT molecular complexity index is 629. The molecule has 2 aromatic carbocycles. The molecule has 0 bridgehead atoms. The van der Waals surface area contributed by atoms with Crippen LogP contribution in [0, 0.1) is 0 Å². The van der Waals surface area contributed by atoms with Crippen LogP contribution in [0.2, 0.25) is 5.02 Å². The molecule has 2 rings (SSSR count). The summed E-state index contributed by atoms with van der Waals surface area (Å²) in [5.41, 5.74) is 2.81. The van der Waals surface area contributed by atoms with Crippen LogP contribution in [0.25, 0.3) is 0 Å². The minimum atomic E-state index is 0.0114. The Hall–Kier alpha value is -1.52. The van der Waals surface area contributed by atoms with Gasteiger partial charge in [0.1, 0.15) is 0 Å². The zero-order valence-corrected chi connectivity index (χ0v) is 14.0. The molecule has 0 aliphatic carbocycles. The molecule has 3 nitrogen and oxygen atoms in total. The van der Waals surface area contributed by atoms with E-state index >= 15 is 0 Å². The van der Waals surface area contributed by atoms with Crippen molar-refractivity contribution in [3.05, 3.63) is 57.5 Å². The first-order valence-electron chi connectivity index (χ1n) is 6.66. The predicted molar refractivity (Wildman–Crippen MR) is 91.8 cm³/mol. The highest BCUT2D eigenvalue weighted by Crippen LogP contribution is 2.22. The second-order valence-corrected chi connectivity index (χ2v) is 5.89. The van der Waals surface area contributed by atoms with Crippen molar-refractivity contribution in [1.29, 1.82) is 0 Å². The molecule has 21 heavy (non-hydrogen) atoms. The van der Waals surface area contributed by atoms with E-state index < -0.39 is 0 Å². The third kappa shape index (κ3) is 4.76. The number of carbonyl (C=O) groups excluding carboxylic acids is 1. The van der Waals surface area contributed by atoms with E-state index in [2.05, 4.69) is 26.6 Å². The maximum atomic E-state index is 11.3. The van der Waals surface area contributed by atoms with Crippen LogP contribution in [0.15, 0.2) is 46.9 Å². The zero-order chi connectivity index (χ0) is 15.2. The second kappa shape index (κ2) is 7.48. The summed E-state index contributed by atoms with van der Waals surface area (Å²) in [6, 6.07) is 13.4. The number of hydrogen-bond donors (Lipinski definition) is 2. The number of anilines is 2. The van der Waals surface area contributed by atoms with Crippen LogP contribution in [0.1, 0.15) is 18.9 Å². The normalized spacial score (nSPS) is 10.2. The average Bonchev–Trinajstić information content (AvgIpc) is 2.48. The lowest BCUT2D eigenvalue weighted by atomic mass is 10.2. The molecule has 0 unspecified atom stereocenters. The maximum Gasteiger partial charge on any atom is 0.224 e. The van der Waals surface area contributed by atoms with Crippen LogP contribution in [0.4, 0.5) is 11.4 Å². The minimum Gasteiger partial charge on any atom is -0.381 e. The van der Waals surface area contributed by atoms with Crippen LogP contribution >= 0.6 is 27.5 Å². The highest BCUT2D eigenvalue weighted by molar-refractivity contribution is 9.10. The van der Waals surface area contributed by atoms with E-state index in [-0.39, 0.29) is 5.91 Å². The molecule has 110 valence electrons. The molecule has 5 heteroatoms. The van der Waals surface area contributed by atoms with Crippen molar-refractivity contribution in [2.75, 3.05) is 10.6 Å². The molecule has 0 aliphatic heterocycles. The Morgan fingerprint density at radius 1 is 1.14 bits per heavy atom. The maximum absolute atomic E-state index is 11.3. The fourth-order valence-electron chi connectivity index (χ4n) is 1.78. The van der Waals surface area contributed by atoms with E-state index in [1.54, 1.807) is 0 Å². The molecular formula is C16H16BrClN2O. The molecule has 0 aliphatic rings. The highest BCUT2D eigenvalue weighted by Gasteiger charge is 2.02. The van der Waals surface area contributed by atoms with Crippen LogP contribution in [0.3, 0.4) is 0 Å². The Balaban J connectivity index is 1.96. The van der Waals surface area contributed by atoms with Gasteiger partial charge in [0, 0.05) is 33.8 Å². The Morgan fingerprint density at radius 2 is 1.81 bits per heavy atom. The Kier molecular flexibility index (Phi) is 5.65. The smallest absolute Gasteiger partial charge is 0.224 e. The van der Waals surface area contributed by atoms with Crippen molar-refractivity contribution in [2.45, 2.75) is 19.9 Å². The van der Waals surface area contributed by atoms with Crippen molar-refractivity contribution in [1.82, 2.24) is 0 Å². The standard InChI is InChI=1S/C16H16BrClN2O/c1-2-16(21)20-14-7-5-13(6-8-14)19-10-11-3-4-12(17)9-15(11)18/h3-9,19H,2,10H2,1H3,(H,20,21). The number of halogens is 2. The lowest BCUT2D eigenvalue weighted by molar-refractivity contribution is -0.115. The van der Waals surface area contributed by atoms with Crippen molar-refractivity contribution in [3.8, 4) is 0 Å². The number of amides is 1. The molecule has 1 amide bonds. The monoisotopic (exact) mass is 366 g/mol. The van der Waals surface area contributed by atoms with Crippen LogP contribution in [-0.2, 0) is 11.3 Å². The van der Waals surface area contributed by atoms with Gasteiger partial charge in [-0.05, 0) is 42.0 Å². The third-order valence-corrected chi connectivity index (χ3v) is 3.83. The van der Waals surface area contributed by atoms with Crippen LogP contribution in [-0.4, -0.2) is 5.91 Å². The summed E-state index contributed by atoms with van der Waals surface area (Å²) in [4.78, 5) is 11.3. The lowest BCUT2D eigenvalue weighted by Gasteiger charge is -2.10. The van der Waals surface area contributed by atoms with E-state index in [0.29, 0.717) is 13.0 Å². The fourth-order valence-corrected chi connectivity index (χ4v) is 2.52. The molecule has 0 aromatic heterocycles. The van der Waals surface area contributed by atoms with Gasteiger partial charge in [-0.1, -0.05) is 40.5 Å². The first-order valence-corrected chi connectivity index (χ1v) is 7.83. The van der Waals surface area contributed by atoms with Gasteiger partial charge >= 0.3 is 0 Å². The van der Waals surface area contributed by atoms with Crippen LogP contribution in [0.5, 0.6) is 0 Å². The molecule has 0 spiro atoms. The highest BCUT2D eigenvalue weighted by atomic mass is 79.9. The van der Waals surface area contributed by atoms with Crippen molar-refractivity contribution in [3.63, 3.8) is 0 Å². The van der Waals surface area contributed by atoms with E-state index in [4.69, 9.17) is 11.6 Å². The Morgan fingerprint density at radius 3 is 2.43 bits per heavy atom. The third-order valence-electron chi connectivity index (χ3n) is 2.99. The largest absolute Gasteiger partial charge is 0.381 e. The quantitative estimate of drug-likeness (QED) is 0.775. The van der Waals surface area contributed by atoms with Gasteiger partial charge in [0.15, 0.2) is 0 Å². The average molecular weight is 368 g/mol. The molecule has 0 radical (unpaired) electrons. The van der Waals surface area contributed by atoms with E-state index in [1.807, 2.05) is 49.4 Å². The predicted octanol–water partition coefficient (Wildman–Crippen LogP) is 5.06. The van der Waals surface area contributed by atoms with Gasteiger partial charge in [-0.15, -0.1) is 0 Å². The molecule has 0 atom stereocenters. The number of carbonyl (C=O) groups is 1. The summed E-state index contributed by atoms with van der Waals surface area (Å²) in [5, 5.41) is 6.84. The first kappa shape index (κ1) is 15.9. The summed E-state index contributed by atoms with van der Waals surface area (Å²) >= 11 is 9.56. The topological polar surface area (TPSA) is 41.1 Å². The molecular weight excluding hydrogens is 352 g/mol. The van der Waals surface area contributed by atoms with E-state index in [0.717, 1.165) is 26.4 Å². The van der Waals surface area contributed by atoms with Crippen molar-refractivity contribution >= 4 is 44.8 Å². The molecule has 0 heterocycles. The molecule has 2 N–H and O–H groups in total. The summed E-state index contributed by atoms with van der Waals surface area (Å²) < 4.78 is 0.965. The minimum absolute atomic E-state index is 0.0114. The molecule has 2 aromatic rings. The fraction of sp³-hybridized carbons (Fsp3) is 0.188. The zero-order valence-electron chi connectivity index (χ0n) is 11.6. The Labute approximate surface area is 137 Å². The van der Waals surface area contributed by atoms with Gasteiger partial charge in [0.2, 0.25) is 5.91 Å². The van der Waals surface area contributed by atoms with Crippen molar-refractivity contribution in [2.24, 2.45) is 0 Å². The lowest BCUT2D eigenvalue weighted by Crippen LogP contribution is -2.09. The van der Waals surface area contributed by atoms with E-state index in [9.17, 15) is 4.79 Å². The number of rotatable bonds is 5. The van der Waals surface area contributed by atoms with Crippen LogP contribution < -0.4 is 10.6 Å². The summed E-state index contributed by atoms with van der Waals surface area (Å²) in [7, 11) is 0. The summed E-state index contributed by atoms with van der Waals surface area (Å²) in [6.07, 6.45) is 0.474. The van der Waals surface area contributed by atoms with Gasteiger partial charge in [-0.25, -0.2) is 0 Å². The van der Waals surface area contributed by atoms with Crippen molar-refractivity contribution < 1.29 is 4.79 Å².